The molecule has 0 bridgehead atoms. The number of amides is 1. The summed E-state index contributed by atoms with van der Waals surface area (Å²) in [5.41, 5.74) is 4.97. The van der Waals surface area contributed by atoms with Crippen LogP contribution in [0.3, 0.4) is 0 Å². The molecule has 11 nitrogen and oxygen atoms in total. The summed E-state index contributed by atoms with van der Waals surface area (Å²) < 4.78 is 6.77. The maximum absolute atomic E-state index is 13.4. The quantitative estimate of drug-likeness (QED) is 0.201. The molecule has 0 unspecified atom stereocenters. The van der Waals surface area contributed by atoms with Crippen LogP contribution in [-0.2, 0) is 16.1 Å². The van der Waals surface area contributed by atoms with Crippen LogP contribution in [0.2, 0.25) is 10.0 Å². The van der Waals surface area contributed by atoms with Gasteiger partial charge in [-0.25, -0.2) is 9.97 Å². The lowest BCUT2D eigenvalue weighted by atomic mass is 9.93. The highest BCUT2D eigenvalue weighted by Gasteiger charge is 2.40. The molecule has 228 valence electrons. The van der Waals surface area contributed by atoms with Gasteiger partial charge in [0.05, 0.1) is 51.7 Å². The van der Waals surface area contributed by atoms with E-state index in [0.717, 1.165) is 25.1 Å². The van der Waals surface area contributed by atoms with E-state index in [1.807, 2.05) is 41.1 Å². The molecule has 1 amide bonds. The normalized spacial score (nSPS) is 16.6. The number of hydrogen-bond acceptors (Lipinski definition) is 9. The highest BCUT2D eigenvalue weighted by molar-refractivity contribution is 6.39. The van der Waals surface area contributed by atoms with Crippen LogP contribution >= 0.6 is 23.2 Å². The van der Waals surface area contributed by atoms with Crippen molar-refractivity contribution in [3.8, 4) is 11.1 Å². The number of nitrogens with zero attached hydrogens (tertiary/aromatic N) is 6. The van der Waals surface area contributed by atoms with Gasteiger partial charge < -0.3 is 15.4 Å². The van der Waals surface area contributed by atoms with Gasteiger partial charge in [-0.1, -0.05) is 47.5 Å². The zero-order valence-corrected chi connectivity index (χ0v) is 25.7. The third-order valence-corrected chi connectivity index (χ3v) is 9.11. The van der Waals surface area contributed by atoms with Gasteiger partial charge in [-0.2, -0.15) is 5.10 Å². The fraction of sp³-hybridized carbons (Fsp3) is 0.250. The molecule has 5 heterocycles. The van der Waals surface area contributed by atoms with Gasteiger partial charge in [0.2, 0.25) is 0 Å². The Bertz CT molecular complexity index is 1940. The van der Waals surface area contributed by atoms with Crippen LogP contribution < -0.4 is 10.6 Å². The molecule has 45 heavy (non-hydrogen) atoms. The van der Waals surface area contributed by atoms with Crippen molar-refractivity contribution in [2.24, 2.45) is 5.92 Å². The van der Waals surface area contributed by atoms with Crippen LogP contribution in [0.15, 0.2) is 67.1 Å². The van der Waals surface area contributed by atoms with E-state index in [2.05, 4.69) is 35.6 Å². The minimum absolute atomic E-state index is 0.0970. The van der Waals surface area contributed by atoms with Crippen LogP contribution in [0.4, 0.5) is 17.2 Å². The van der Waals surface area contributed by atoms with Gasteiger partial charge >= 0.3 is 5.97 Å². The second-order valence-electron chi connectivity index (χ2n) is 11.0. The van der Waals surface area contributed by atoms with Gasteiger partial charge in [0.25, 0.3) is 5.91 Å². The number of hydrogen-bond donors (Lipinski definition) is 2. The summed E-state index contributed by atoms with van der Waals surface area (Å²) in [4.78, 5) is 40.7. The average Bonchev–Trinajstić information content (AvgIpc) is 3.48. The number of ether oxygens (including phenoxy) is 1. The molecule has 13 heteroatoms. The largest absolute Gasteiger partial charge is 0.469 e. The highest BCUT2D eigenvalue weighted by Crippen LogP contribution is 2.41. The van der Waals surface area contributed by atoms with Crippen molar-refractivity contribution >= 4 is 63.3 Å². The molecule has 2 aromatic carbocycles. The molecule has 7 rings (SSSR count). The van der Waals surface area contributed by atoms with E-state index >= 15 is 0 Å². The van der Waals surface area contributed by atoms with Crippen molar-refractivity contribution in [3.05, 3.63) is 88.6 Å². The zero-order valence-electron chi connectivity index (χ0n) is 24.2. The summed E-state index contributed by atoms with van der Waals surface area (Å²) in [5, 5.41) is 11.6. The first-order chi connectivity index (χ1) is 21.9. The molecule has 0 radical (unpaired) electrons. The second-order valence-corrected chi connectivity index (χ2v) is 11.8. The number of pyridine rings is 1. The molecular formula is C32H28Cl2N8O3. The van der Waals surface area contributed by atoms with Gasteiger partial charge in [-0.05, 0) is 37.1 Å². The molecule has 1 fully saturated rings. The number of aryl methyl sites for hydroxylation is 1. The number of carbonyl (C=O) groups excluding carboxylic acids is 2. The zero-order chi connectivity index (χ0) is 31.1. The second kappa shape index (κ2) is 12.1. The van der Waals surface area contributed by atoms with Crippen molar-refractivity contribution in [2.75, 3.05) is 30.8 Å². The van der Waals surface area contributed by atoms with Crippen molar-refractivity contribution in [1.82, 2.24) is 29.6 Å². The average molecular weight is 644 g/mol. The summed E-state index contributed by atoms with van der Waals surface area (Å²) in [5.74, 6) is -0.139. The van der Waals surface area contributed by atoms with Crippen molar-refractivity contribution in [2.45, 2.75) is 25.4 Å². The predicted molar refractivity (Wildman–Crippen MR) is 172 cm³/mol. The number of halogens is 2. The van der Waals surface area contributed by atoms with Crippen molar-refractivity contribution < 1.29 is 14.3 Å². The van der Waals surface area contributed by atoms with Gasteiger partial charge in [0, 0.05) is 49.4 Å². The number of nitrogens with one attached hydrogen (secondary N) is 2. The summed E-state index contributed by atoms with van der Waals surface area (Å²) in [7, 11) is 1.41. The third kappa shape index (κ3) is 5.47. The number of carbonyl (C=O) groups is 2. The molecule has 0 spiro atoms. The first-order valence-corrected chi connectivity index (χ1v) is 15.3. The molecular weight excluding hydrogens is 615 g/mol. The summed E-state index contributed by atoms with van der Waals surface area (Å²) >= 11 is 13.8. The standard InChI is InChI=1S/C32H28Cl2N8O3/c1-45-32(44)18-16-41(17-18)25-9-4-14-42-26(25)15-24(40-42)31(43)39-22-8-3-6-20(28(22)34)19-5-2-7-21(27(19)33)38-30-29-23(10-11-37-30)35-12-13-36-29/h2-3,5-8,10-13,15,18,25H,4,9,14,16-17H2,1H3,(H,37,38)(H,39,43)/t25-/m1/s1. The predicted octanol–water partition coefficient (Wildman–Crippen LogP) is 6.13. The number of anilines is 3. The maximum atomic E-state index is 13.4. The number of likely N-dealkylation sites (tertiary alicyclic amines) is 1. The first-order valence-electron chi connectivity index (χ1n) is 14.5. The van der Waals surface area contributed by atoms with E-state index in [1.54, 1.807) is 30.7 Å². The van der Waals surface area contributed by atoms with E-state index in [-0.39, 0.29) is 23.8 Å². The van der Waals surface area contributed by atoms with Crippen LogP contribution in [0.5, 0.6) is 0 Å². The van der Waals surface area contributed by atoms with E-state index in [0.29, 0.717) is 68.2 Å². The van der Waals surface area contributed by atoms with Crippen LogP contribution in [0.1, 0.15) is 35.1 Å². The monoisotopic (exact) mass is 642 g/mol. The van der Waals surface area contributed by atoms with Crippen LogP contribution in [-0.4, -0.2) is 61.7 Å². The van der Waals surface area contributed by atoms with Gasteiger partial charge in [-0.15, -0.1) is 0 Å². The lowest BCUT2D eigenvalue weighted by molar-refractivity contribution is -0.152. The number of aromatic nitrogens is 5. The Labute approximate surface area is 268 Å². The summed E-state index contributed by atoms with van der Waals surface area (Å²) in [6.45, 7) is 2.00. The Morgan fingerprint density at radius 1 is 0.933 bits per heavy atom. The smallest absolute Gasteiger partial charge is 0.311 e. The number of fused-ring (bicyclic) bond motifs is 2. The van der Waals surface area contributed by atoms with E-state index in [4.69, 9.17) is 27.9 Å². The number of methoxy groups -OCH3 is 1. The molecule has 2 aliphatic rings. The van der Waals surface area contributed by atoms with Crippen LogP contribution in [0, 0.1) is 5.92 Å². The van der Waals surface area contributed by atoms with Gasteiger partial charge in [0.15, 0.2) is 11.5 Å². The number of rotatable bonds is 7. The molecule has 5 aromatic rings. The topological polar surface area (TPSA) is 127 Å². The van der Waals surface area contributed by atoms with Crippen molar-refractivity contribution in [1.29, 1.82) is 0 Å². The van der Waals surface area contributed by atoms with E-state index in [9.17, 15) is 9.59 Å². The number of esters is 1. The molecule has 2 N–H and O–H groups in total. The van der Waals surface area contributed by atoms with Gasteiger partial charge in [-0.3, -0.25) is 24.2 Å². The Morgan fingerprint density at radius 3 is 2.44 bits per heavy atom. The SMILES string of the molecule is COC(=O)C1CN([C@@H]2CCCn3nc(C(=O)Nc4cccc(-c5cccc(Nc6nccc7nccnc67)c5Cl)c4Cl)cc32)C1. The fourth-order valence-electron chi connectivity index (χ4n) is 6.00. The lowest BCUT2D eigenvalue weighted by Gasteiger charge is -2.44. The third-order valence-electron chi connectivity index (χ3n) is 8.29. The lowest BCUT2D eigenvalue weighted by Crippen LogP contribution is -2.52. The summed E-state index contributed by atoms with van der Waals surface area (Å²) in [6.07, 6.45) is 6.76. The minimum atomic E-state index is -0.365. The van der Waals surface area contributed by atoms with Crippen molar-refractivity contribution in [3.63, 3.8) is 0 Å². The fourth-order valence-corrected chi connectivity index (χ4v) is 6.55. The molecule has 1 atom stereocenters. The molecule has 0 saturated carbocycles. The Kier molecular flexibility index (Phi) is 7.82. The molecule has 1 saturated heterocycles. The number of benzene rings is 2. The Morgan fingerprint density at radius 2 is 1.67 bits per heavy atom. The molecule has 0 aliphatic carbocycles. The molecule has 2 aliphatic heterocycles. The minimum Gasteiger partial charge on any atom is -0.469 e. The Balaban J connectivity index is 1.11. The highest BCUT2D eigenvalue weighted by atomic mass is 35.5. The summed E-state index contributed by atoms with van der Waals surface area (Å²) in [6, 6.07) is 14.7. The maximum Gasteiger partial charge on any atom is 0.311 e. The van der Waals surface area contributed by atoms with Crippen LogP contribution in [0.25, 0.3) is 22.2 Å². The van der Waals surface area contributed by atoms with Gasteiger partial charge in [0.1, 0.15) is 5.52 Å². The van der Waals surface area contributed by atoms with E-state index < -0.39 is 0 Å². The first kappa shape index (κ1) is 29.1. The van der Waals surface area contributed by atoms with E-state index in [1.165, 1.54) is 7.11 Å². The molecule has 3 aromatic heterocycles. The Hall–Kier alpha value is -4.58.